The van der Waals surface area contributed by atoms with Gasteiger partial charge in [-0.1, -0.05) is 6.07 Å². The average molecular weight is 375 g/mol. The molecule has 0 atom stereocenters. The van der Waals surface area contributed by atoms with Gasteiger partial charge in [-0.3, -0.25) is 14.6 Å². The number of nitrogens with zero attached hydrogens (tertiary/aromatic N) is 5. The van der Waals surface area contributed by atoms with Crippen LogP contribution >= 0.6 is 0 Å². The van der Waals surface area contributed by atoms with E-state index in [1.807, 2.05) is 35.1 Å². The minimum Gasteiger partial charge on any atom is -0.383 e. The van der Waals surface area contributed by atoms with Gasteiger partial charge in [-0.15, -0.1) is 0 Å². The number of amides is 1. The Kier molecular flexibility index (Phi) is 3.46. The van der Waals surface area contributed by atoms with Crippen LogP contribution < -0.4 is 5.73 Å². The van der Waals surface area contributed by atoms with E-state index >= 15 is 0 Å². The molecule has 1 fully saturated rings. The molecule has 4 aromatic rings. The van der Waals surface area contributed by atoms with Gasteiger partial charge in [0.1, 0.15) is 11.3 Å². The molecule has 0 unspecified atom stereocenters. The van der Waals surface area contributed by atoms with Gasteiger partial charge < -0.3 is 10.6 Å². The lowest BCUT2D eigenvalue weighted by atomic mass is 10.1. The van der Waals surface area contributed by atoms with Crippen molar-refractivity contribution < 1.29 is 4.79 Å². The van der Waals surface area contributed by atoms with Gasteiger partial charge in [0.2, 0.25) is 5.91 Å². The van der Waals surface area contributed by atoms with E-state index in [0.29, 0.717) is 12.4 Å². The molecular weight excluding hydrogens is 354 g/mol. The van der Waals surface area contributed by atoms with E-state index in [-0.39, 0.29) is 11.3 Å². The number of aromatic amines is 1. The summed E-state index contributed by atoms with van der Waals surface area (Å²) < 4.78 is 1.85. The second-order valence-electron chi connectivity index (χ2n) is 7.77. The highest BCUT2D eigenvalue weighted by Gasteiger charge is 2.51. The van der Waals surface area contributed by atoms with E-state index < -0.39 is 0 Å². The van der Waals surface area contributed by atoms with Crippen molar-refractivity contribution in [3.63, 3.8) is 0 Å². The molecule has 0 spiro atoms. The van der Waals surface area contributed by atoms with Gasteiger partial charge in [0.15, 0.2) is 0 Å². The first kappa shape index (κ1) is 16.7. The van der Waals surface area contributed by atoms with Crippen LogP contribution in [0.3, 0.4) is 0 Å². The number of carbonyl (C=O) groups excluding carboxylic acids is 1. The van der Waals surface area contributed by atoms with Crippen molar-refractivity contribution in [2.24, 2.45) is 5.41 Å². The molecule has 0 bridgehead atoms. The number of hydrogen-bond acceptors (Lipinski definition) is 5. The zero-order valence-corrected chi connectivity index (χ0v) is 15.8. The van der Waals surface area contributed by atoms with Crippen LogP contribution in [0.1, 0.15) is 12.8 Å². The molecule has 28 heavy (non-hydrogen) atoms. The summed E-state index contributed by atoms with van der Waals surface area (Å²) in [6.07, 6.45) is 5.41. The third-order valence-electron chi connectivity index (χ3n) is 5.52. The van der Waals surface area contributed by atoms with Gasteiger partial charge in [0.25, 0.3) is 0 Å². The third-order valence-corrected chi connectivity index (χ3v) is 5.52. The Labute approximate surface area is 161 Å². The number of aromatic nitrogens is 5. The minimum absolute atomic E-state index is 0.159. The number of nitrogens with one attached hydrogen (secondary N) is 1. The molecule has 0 saturated heterocycles. The van der Waals surface area contributed by atoms with Crippen molar-refractivity contribution in [1.29, 1.82) is 0 Å². The maximum atomic E-state index is 12.5. The third kappa shape index (κ3) is 2.52. The smallest absolute Gasteiger partial charge is 0.230 e. The van der Waals surface area contributed by atoms with Crippen molar-refractivity contribution in [3.8, 4) is 11.3 Å². The van der Waals surface area contributed by atoms with Gasteiger partial charge in [-0.25, -0.2) is 4.98 Å². The van der Waals surface area contributed by atoms with Crippen LogP contribution in [0.2, 0.25) is 0 Å². The molecule has 1 aliphatic rings. The molecule has 1 amide bonds. The Hall–Kier alpha value is -3.42. The minimum atomic E-state index is -0.336. The van der Waals surface area contributed by atoms with Crippen LogP contribution in [0.5, 0.6) is 0 Å². The highest BCUT2D eigenvalue weighted by molar-refractivity contribution is 6.08. The topological polar surface area (TPSA) is 106 Å². The number of pyridine rings is 1. The van der Waals surface area contributed by atoms with Gasteiger partial charge >= 0.3 is 0 Å². The fourth-order valence-electron chi connectivity index (χ4n) is 3.86. The van der Waals surface area contributed by atoms with Crippen molar-refractivity contribution >= 4 is 33.5 Å². The summed E-state index contributed by atoms with van der Waals surface area (Å²) >= 11 is 0. The lowest BCUT2D eigenvalue weighted by molar-refractivity contribution is -0.135. The molecule has 1 aromatic carbocycles. The highest BCUT2D eigenvalue weighted by atomic mass is 16.2. The van der Waals surface area contributed by atoms with E-state index in [1.165, 1.54) is 0 Å². The molecular formula is C20H21N7O. The second-order valence-corrected chi connectivity index (χ2v) is 7.77. The summed E-state index contributed by atoms with van der Waals surface area (Å²) in [6, 6.07) is 7.92. The molecule has 3 heterocycles. The number of hydrogen-bond donors (Lipinski definition) is 2. The Morgan fingerprint density at radius 3 is 2.79 bits per heavy atom. The monoisotopic (exact) mass is 375 g/mol. The SMILES string of the molecule is CN(C)C(=O)C1(Cn2cc3c(N)nc4cc(-c5ccn[nH]5)ccc4c3n2)CC1. The summed E-state index contributed by atoms with van der Waals surface area (Å²) in [6.45, 7) is 0.561. The largest absolute Gasteiger partial charge is 0.383 e. The number of H-pyrrole nitrogens is 1. The maximum absolute atomic E-state index is 12.5. The first-order valence-corrected chi connectivity index (χ1v) is 9.25. The van der Waals surface area contributed by atoms with Gasteiger partial charge in [-0.05, 0) is 31.0 Å². The summed E-state index contributed by atoms with van der Waals surface area (Å²) in [7, 11) is 3.60. The van der Waals surface area contributed by atoms with Crippen molar-refractivity contribution in [2.45, 2.75) is 19.4 Å². The van der Waals surface area contributed by atoms with Crippen molar-refractivity contribution in [3.05, 3.63) is 36.7 Å². The molecule has 3 aromatic heterocycles. The summed E-state index contributed by atoms with van der Waals surface area (Å²) in [5, 5.41) is 13.5. The van der Waals surface area contributed by atoms with Crippen LogP contribution in [0.4, 0.5) is 5.82 Å². The van der Waals surface area contributed by atoms with Crippen molar-refractivity contribution in [1.82, 2.24) is 29.9 Å². The molecule has 8 nitrogen and oxygen atoms in total. The standard InChI is InChI=1S/C20H21N7O/c1-26(2)19(28)20(6-7-20)11-27-10-14-17(25-27)13-4-3-12(15-5-8-22-24-15)9-16(13)23-18(14)21/h3-5,8-10H,6-7,11H2,1-2H3,(H2,21,23)(H,22,24). The van der Waals surface area contributed by atoms with E-state index in [9.17, 15) is 4.79 Å². The van der Waals surface area contributed by atoms with E-state index in [1.54, 1.807) is 25.2 Å². The fraction of sp³-hybridized carbons (Fsp3) is 0.300. The predicted molar refractivity (Wildman–Crippen MR) is 107 cm³/mol. The van der Waals surface area contributed by atoms with E-state index in [4.69, 9.17) is 10.8 Å². The number of nitrogen functional groups attached to an aromatic ring is 1. The number of anilines is 1. The molecule has 142 valence electrons. The maximum Gasteiger partial charge on any atom is 0.230 e. The molecule has 1 aliphatic carbocycles. The summed E-state index contributed by atoms with van der Waals surface area (Å²) in [5.74, 6) is 0.603. The normalized spacial score (nSPS) is 15.2. The molecule has 0 radical (unpaired) electrons. The Morgan fingerprint density at radius 2 is 2.11 bits per heavy atom. The predicted octanol–water partition coefficient (Wildman–Crippen LogP) is 2.43. The summed E-state index contributed by atoms with van der Waals surface area (Å²) in [5.41, 5.74) is 9.40. The van der Waals surface area contributed by atoms with Gasteiger partial charge in [0, 0.05) is 37.4 Å². The average Bonchev–Trinajstić information content (AvgIpc) is 3.09. The van der Waals surface area contributed by atoms with Crippen LogP contribution in [0.25, 0.3) is 33.1 Å². The van der Waals surface area contributed by atoms with Crippen LogP contribution in [0.15, 0.2) is 36.7 Å². The zero-order valence-electron chi connectivity index (χ0n) is 15.8. The quantitative estimate of drug-likeness (QED) is 0.570. The Bertz CT molecular complexity index is 1200. The van der Waals surface area contributed by atoms with Crippen LogP contribution in [-0.2, 0) is 11.3 Å². The number of benzene rings is 1. The first-order chi connectivity index (χ1) is 13.5. The molecule has 8 heteroatoms. The highest BCUT2D eigenvalue weighted by Crippen LogP contribution is 2.48. The van der Waals surface area contributed by atoms with Gasteiger partial charge in [-0.2, -0.15) is 10.2 Å². The molecule has 0 aliphatic heterocycles. The lowest BCUT2D eigenvalue weighted by Crippen LogP contribution is -2.33. The van der Waals surface area contributed by atoms with Gasteiger partial charge in [0.05, 0.1) is 28.6 Å². The number of rotatable bonds is 4. The number of nitrogens with two attached hydrogens (primary N) is 1. The Balaban J connectivity index is 1.58. The fourth-order valence-corrected chi connectivity index (χ4v) is 3.86. The van der Waals surface area contributed by atoms with Crippen LogP contribution in [-0.4, -0.2) is 49.9 Å². The van der Waals surface area contributed by atoms with Crippen molar-refractivity contribution in [2.75, 3.05) is 19.8 Å². The summed E-state index contributed by atoms with van der Waals surface area (Å²) in [4.78, 5) is 18.8. The first-order valence-electron chi connectivity index (χ1n) is 9.25. The molecule has 1 saturated carbocycles. The zero-order chi connectivity index (χ0) is 19.5. The molecule has 5 rings (SSSR count). The Morgan fingerprint density at radius 1 is 1.29 bits per heavy atom. The lowest BCUT2D eigenvalue weighted by Gasteiger charge is -2.19. The van der Waals surface area contributed by atoms with E-state index in [0.717, 1.165) is 45.9 Å². The van der Waals surface area contributed by atoms with E-state index in [2.05, 4.69) is 15.2 Å². The van der Waals surface area contributed by atoms with Crippen LogP contribution in [0, 0.1) is 5.41 Å². The molecule has 3 N–H and O–H groups in total. The number of carbonyl (C=O) groups is 1. The second kappa shape index (κ2) is 5.79. The number of fused-ring (bicyclic) bond motifs is 3.